The van der Waals surface area contributed by atoms with Gasteiger partial charge in [-0.15, -0.1) is 0 Å². The highest BCUT2D eigenvalue weighted by Gasteiger charge is 2.16. The number of carbonyl (C=O) groups excluding carboxylic acids is 1. The molecule has 1 amide bonds. The second kappa shape index (κ2) is 8.67. The van der Waals surface area contributed by atoms with Gasteiger partial charge in [-0.05, 0) is 81.3 Å². The molecule has 0 aliphatic carbocycles. The van der Waals surface area contributed by atoms with Gasteiger partial charge in [0.2, 0.25) is 0 Å². The monoisotopic (exact) mass is 427 g/mol. The number of carbonyl (C=O) groups is 1. The number of hydrogen-bond acceptors (Lipinski definition) is 4. The summed E-state index contributed by atoms with van der Waals surface area (Å²) in [5.41, 5.74) is 3.90. The van der Waals surface area contributed by atoms with Crippen LogP contribution in [0.3, 0.4) is 0 Å². The van der Waals surface area contributed by atoms with Crippen LogP contribution in [0.2, 0.25) is 0 Å². The molecule has 1 unspecified atom stereocenters. The van der Waals surface area contributed by atoms with E-state index in [0.29, 0.717) is 33.9 Å². The smallest absolute Gasteiger partial charge is 0.265 e. The number of aromatic nitrogens is 2. The van der Waals surface area contributed by atoms with E-state index in [-0.39, 0.29) is 11.5 Å². The van der Waals surface area contributed by atoms with E-state index in [9.17, 15) is 9.59 Å². The topological polar surface area (TPSA) is 73.2 Å². The van der Waals surface area contributed by atoms with E-state index in [1.54, 1.807) is 48.7 Å². The number of ether oxygens (including phenoxy) is 1. The molecule has 4 rings (SSSR count). The molecule has 32 heavy (non-hydrogen) atoms. The van der Waals surface area contributed by atoms with E-state index < -0.39 is 6.10 Å². The van der Waals surface area contributed by atoms with Gasteiger partial charge < -0.3 is 10.1 Å². The first-order valence-corrected chi connectivity index (χ1v) is 10.5. The first kappa shape index (κ1) is 21.3. The summed E-state index contributed by atoms with van der Waals surface area (Å²) in [7, 11) is 0. The van der Waals surface area contributed by atoms with Gasteiger partial charge in [0.05, 0.1) is 16.6 Å². The molecular weight excluding hydrogens is 402 g/mol. The van der Waals surface area contributed by atoms with Gasteiger partial charge in [-0.25, -0.2) is 4.98 Å². The Morgan fingerprint density at radius 3 is 2.47 bits per heavy atom. The van der Waals surface area contributed by atoms with Gasteiger partial charge in [-0.1, -0.05) is 24.3 Å². The van der Waals surface area contributed by atoms with Crippen molar-refractivity contribution in [2.45, 2.75) is 33.8 Å². The Morgan fingerprint density at radius 2 is 1.72 bits per heavy atom. The summed E-state index contributed by atoms with van der Waals surface area (Å²) in [4.78, 5) is 30.1. The second-order valence-corrected chi connectivity index (χ2v) is 7.88. The molecule has 0 aliphatic rings. The first-order valence-electron chi connectivity index (χ1n) is 10.5. The Bertz CT molecular complexity index is 1360. The zero-order chi connectivity index (χ0) is 22.8. The summed E-state index contributed by atoms with van der Waals surface area (Å²) in [6.07, 6.45) is -0.662. The normalized spacial score (nSPS) is 11.9. The first-order chi connectivity index (χ1) is 15.3. The molecule has 1 N–H and O–H groups in total. The predicted octanol–water partition coefficient (Wildman–Crippen LogP) is 4.72. The van der Waals surface area contributed by atoms with Crippen LogP contribution < -0.4 is 15.6 Å². The summed E-state index contributed by atoms with van der Waals surface area (Å²) in [6.45, 7) is 7.45. The second-order valence-electron chi connectivity index (χ2n) is 7.88. The van der Waals surface area contributed by atoms with Crippen LogP contribution in [-0.4, -0.2) is 21.6 Å². The van der Waals surface area contributed by atoms with Crippen LogP contribution in [0.4, 0.5) is 5.69 Å². The Kier molecular flexibility index (Phi) is 5.77. The number of nitrogens with one attached hydrogen (secondary N) is 1. The molecule has 1 aromatic heterocycles. The fourth-order valence-electron chi connectivity index (χ4n) is 3.56. The SMILES string of the molecule is Cc1ccc(C)c(OC(C)C(=O)Nc2ccc(-n3c(C)nc4ccccc4c3=O)cc2)c1. The predicted molar refractivity (Wildman–Crippen MR) is 127 cm³/mol. The minimum absolute atomic E-state index is 0.125. The Hall–Kier alpha value is -3.93. The quantitative estimate of drug-likeness (QED) is 0.500. The number of anilines is 1. The molecule has 0 aliphatic heterocycles. The maximum Gasteiger partial charge on any atom is 0.265 e. The summed E-state index contributed by atoms with van der Waals surface area (Å²) >= 11 is 0. The number of hydrogen-bond donors (Lipinski definition) is 1. The third-order valence-corrected chi connectivity index (χ3v) is 5.35. The maximum absolute atomic E-state index is 13.0. The molecule has 1 atom stereocenters. The average molecular weight is 428 g/mol. The van der Waals surface area contributed by atoms with Crippen molar-refractivity contribution in [2.75, 3.05) is 5.32 Å². The van der Waals surface area contributed by atoms with E-state index in [0.717, 1.165) is 11.1 Å². The Morgan fingerprint density at radius 1 is 1.00 bits per heavy atom. The number of rotatable bonds is 5. The summed E-state index contributed by atoms with van der Waals surface area (Å²) in [6, 6.07) is 20.3. The van der Waals surface area contributed by atoms with Gasteiger partial charge >= 0.3 is 0 Å². The van der Waals surface area contributed by atoms with E-state index in [4.69, 9.17) is 4.74 Å². The molecule has 6 heteroatoms. The molecular formula is C26H25N3O3. The fourth-order valence-corrected chi connectivity index (χ4v) is 3.56. The number of nitrogens with zero attached hydrogens (tertiary/aromatic N) is 2. The highest BCUT2D eigenvalue weighted by molar-refractivity contribution is 5.94. The van der Waals surface area contributed by atoms with Crippen LogP contribution in [0.5, 0.6) is 5.75 Å². The van der Waals surface area contributed by atoms with Crippen LogP contribution in [-0.2, 0) is 4.79 Å². The highest BCUT2D eigenvalue weighted by atomic mass is 16.5. The minimum Gasteiger partial charge on any atom is -0.481 e. The molecule has 0 spiro atoms. The van der Waals surface area contributed by atoms with E-state index >= 15 is 0 Å². The minimum atomic E-state index is -0.662. The van der Waals surface area contributed by atoms with Gasteiger partial charge in [-0.2, -0.15) is 0 Å². The number of para-hydroxylation sites is 1. The molecule has 0 radical (unpaired) electrons. The maximum atomic E-state index is 13.0. The molecule has 4 aromatic rings. The van der Waals surface area contributed by atoms with Crippen molar-refractivity contribution in [2.24, 2.45) is 0 Å². The van der Waals surface area contributed by atoms with Gasteiger partial charge in [-0.3, -0.25) is 14.2 Å². The van der Waals surface area contributed by atoms with Crippen LogP contribution in [0.1, 0.15) is 23.9 Å². The molecule has 162 valence electrons. The van der Waals surface area contributed by atoms with Crippen LogP contribution in [0.25, 0.3) is 16.6 Å². The van der Waals surface area contributed by atoms with Gasteiger partial charge in [0, 0.05) is 5.69 Å². The van der Waals surface area contributed by atoms with E-state index in [2.05, 4.69) is 10.3 Å². The van der Waals surface area contributed by atoms with Gasteiger partial charge in [0.15, 0.2) is 6.10 Å². The van der Waals surface area contributed by atoms with E-state index in [1.807, 2.05) is 50.2 Å². The number of fused-ring (bicyclic) bond motifs is 1. The van der Waals surface area contributed by atoms with E-state index in [1.165, 1.54) is 0 Å². The standard InChI is InChI=1S/C26H25N3O3/c1-16-9-10-17(2)24(15-16)32-18(3)25(30)28-20-11-13-21(14-12-20)29-19(4)27-23-8-6-5-7-22(23)26(29)31/h5-15,18H,1-4H3,(H,28,30). The van der Waals surface area contributed by atoms with Crippen LogP contribution in [0, 0.1) is 20.8 Å². The summed E-state index contributed by atoms with van der Waals surface area (Å²) in [5, 5.41) is 3.43. The largest absolute Gasteiger partial charge is 0.481 e. The molecule has 1 heterocycles. The van der Waals surface area contributed by atoms with Crippen molar-refractivity contribution >= 4 is 22.5 Å². The summed E-state index contributed by atoms with van der Waals surface area (Å²) < 4.78 is 7.43. The zero-order valence-electron chi connectivity index (χ0n) is 18.5. The van der Waals surface area contributed by atoms with Crippen LogP contribution in [0.15, 0.2) is 71.5 Å². The lowest BCUT2D eigenvalue weighted by Crippen LogP contribution is -2.30. The van der Waals surface area contributed by atoms with Crippen molar-refractivity contribution in [3.05, 3.63) is 94.0 Å². The Balaban J connectivity index is 1.52. The lowest BCUT2D eigenvalue weighted by Gasteiger charge is -2.17. The van der Waals surface area contributed by atoms with Crippen molar-refractivity contribution in [1.29, 1.82) is 0 Å². The van der Waals surface area contributed by atoms with Gasteiger partial charge in [0.1, 0.15) is 11.6 Å². The molecule has 6 nitrogen and oxygen atoms in total. The fraction of sp³-hybridized carbons (Fsp3) is 0.192. The molecule has 0 fully saturated rings. The molecule has 0 saturated carbocycles. The number of aryl methyl sites for hydroxylation is 3. The average Bonchev–Trinajstić information content (AvgIpc) is 2.77. The third kappa shape index (κ3) is 4.25. The van der Waals surface area contributed by atoms with Gasteiger partial charge in [0.25, 0.3) is 11.5 Å². The third-order valence-electron chi connectivity index (χ3n) is 5.35. The highest BCUT2D eigenvalue weighted by Crippen LogP contribution is 2.21. The Labute approximate surface area is 186 Å². The van der Waals surface area contributed by atoms with Crippen molar-refractivity contribution < 1.29 is 9.53 Å². The molecule has 0 saturated heterocycles. The molecule has 0 bridgehead atoms. The molecule has 3 aromatic carbocycles. The lowest BCUT2D eigenvalue weighted by molar-refractivity contribution is -0.122. The number of amides is 1. The zero-order valence-corrected chi connectivity index (χ0v) is 18.5. The summed E-state index contributed by atoms with van der Waals surface area (Å²) in [5.74, 6) is 1.04. The van der Waals surface area contributed by atoms with Crippen molar-refractivity contribution in [3.8, 4) is 11.4 Å². The van der Waals surface area contributed by atoms with Crippen molar-refractivity contribution in [1.82, 2.24) is 9.55 Å². The number of benzene rings is 3. The van der Waals surface area contributed by atoms with Crippen molar-refractivity contribution in [3.63, 3.8) is 0 Å². The van der Waals surface area contributed by atoms with Crippen LogP contribution >= 0.6 is 0 Å². The lowest BCUT2D eigenvalue weighted by atomic mass is 10.1.